The highest BCUT2D eigenvalue weighted by Gasteiger charge is 2.22. The van der Waals surface area contributed by atoms with Crippen molar-refractivity contribution in [3.05, 3.63) is 100 Å². The van der Waals surface area contributed by atoms with E-state index in [1.54, 1.807) is 0 Å². The first-order valence-electron chi connectivity index (χ1n) is 9.68. The van der Waals surface area contributed by atoms with Crippen molar-refractivity contribution in [1.29, 1.82) is 0 Å². The van der Waals surface area contributed by atoms with Crippen LogP contribution in [-0.2, 0) is 9.84 Å². The van der Waals surface area contributed by atoms with E-state index in [9.17, 15) is 18.5 Å². The van der Waals surface area contributed by atoms with E-state index >= 15 is 0 Å². The molecule has 0 fully saturated rings. The SMILES string of the molecule is CS(=O)(=O)c1ccc(NCC(c2ccccc2)c2c[nH]c3ccccc23)c([N+](=O)[O-])c1. The van der Waals surface area contributed by atoms with E-state index in [1.807, 2.05) is 60.8 Å². The molecular weight excluding hydrogens is 414 g/mol. The van der Waals surface area contributed by atoms with Gasteiger partial charge in [-0.3, -0.25) is 10.1 Å². The Kier molecular flexibility index (Phi) is 5.48. The van der Waals surface area contributed by atoms with Crippen LogP contribution in [0.25, 0.3) is 10.9 Å². The summed E-state index contributed by atoms with van der Waals surface area (Å²) in [6, 6.07) is 21.8. The first kappa shape index (κ1) is 20.6. The second-order valence-electron chi connectivity index (χ2n) is 7.34. The monoisotopic (exact) mass is 435 g/mol. The molecular formula is C23H21N3O4S. The maximum absolute atomic E-state index is 11.8. The Hall–Kier alpha value is -3.65. The molecule has 0 saturated heterocycles. The molecule has 0 amide bonds. The average Bonchev–Trinajstić information content (AvgIpc) is 3.18. The third-order valence-corrected chi connectivity index (χ3v) is 6.40. The third kappa shape index (κ3) is 4.29. The molecule has 31 heavy (non-hydrogen) atoms. The fraction of sp³-hybridized carbons (Fsp3) is 0.130. The molecule has 158 valence electrons. The van der Waals surface area contributed by atoms with Crippen molar-refractivity contribution in [1.82, 2.24) is 4.98 Å². The first-order valence-corrected chi connectivity index (χ1v) is 11.6. The Bertz CT molecular complexity index is 1350. The van der Waals surface area contributed by atoms with Gasteiger partial charge in [-0.15, -0.1) is 0 Å². The van der Waals surface area contributed by atoms with Crippen LogP contribution in [-0.4, -0.2) is 31.1 Å². The lowest BCUT2D eigenvalue weighted by Gasteiger charge is -2.19. The molecule has 0 aliphatic heterocycles. The smallest absolute Gasteiger partial charge is 0.293 e. The van der Waals surface area contributed by atoms with Gasteiger partial charge in [-0.25, -0.2) is 8.42 Å². The standard InChI is InChI=1S/C23H21N3O4S/c1-31(29,30)17-11-12-22(23(13-17)26(27)28)25-14-19(16-7-3-2-4-8-16)20-15-24-21-10-6-5-9-18(20)21/h2-13,15,19,24-25H,14H2,1H3. The zero-order valence-corrected chi connectivity index (χ0v) is 17.6. The van der Waals surface area contributed by atoms with E-state index in [-0.39, 0.29) is 22.2 Å². The number of nitrogens with one attached hydrogen (secondary N) is 2. The van der Waals surface area contributed by atoms with Crippen molar-refractivity contribution in [2.75, 3.05) is 18.1 Å². The number of hydrogen-bond acceptors (Lipinski definition) is 5. The number of anilines is 1. The molecule has 0 saturated carbocycles. The molecule has 8 heteroatoms. The number of aromatic amines is 1. The predicted octanol–water partition coefficient (Wildman–Crippen LogP) is 4.72. The molecule has 1 heterocycles. The lowest BCUT2D eigenvalue weighted by molar-refractivity contribution is -0.384. The van der Waals surface area contributed by atoms with Gasteiger partial charge >= 0.3 is 0 Å². The molecule has 2 N–H and O–H groups in total. The van der Waals surface area contributed by atoms with Gasteiger partial charge in [-0.1, -0.05) is 48.5 Å². The van der Waals surface area contributed by atoms with Gasteiger partial charge in [-0.2, -0.15) is 0 Å². The van der Waals surface area contributed by atoms with Crippen molar-refractivity contribution >= 4 is 32.1 Å². The largest absolute Gasteiger partial charge is 0.379 e. The molecule has 0 bridgehead atoms. The van der Waals surface area contributed by atoms with Gasteiger partial charge < -0.3 is 10.3 Å². The molecule has 3 aromatic carbocycles. The summed E-state index contributed by atoms with van der Waals surface area (Å²) < 4.78 is 23.6. The summed E-state index contributed by atoms with van der Waals surface area (Å²) in [4.78, 5) is 14.2. The van der Waals surface area contributed by atoms with Crippen molar-refractivity contribution in [2.24, 2.45) is 0 Å². The molecule has 1 aromatic heterocycles. The molecule has 0 spiro atoms. The van der Waals surface area contributed by atoms with E-state index < -0.39 is 14.8 Å². The van der Waals surface area contributed by atoms with Gasteiger partial charge in [0, 0.05) is 41.9 Å². The van der Waals surface area contributed by atoms with E-state index in [0.717, 1.165) is 34.4 Å². The Balaban J connectivity index is 1.72. The van der Waals surface area contributed by atoms with Gasteiger partial charge in [0.05, 0.1) is 9.82 Å². The maximum Gasteiger partial charge on any atom is 0.293 e. The predicted molar refractivity (Wildman–Crippen MR) is 121 cm³/mol. The van der Waals surface area contributed by atoms with Crippen molar-refractivity contribution in [3.8, 4) is 0 Å². The lowest BCUT2D eigenvalue weighted by Crippen LogP contribution is -2.15. The minimum atomic E-state index is -3.55. The molecule has 4 aromatic rings. The van der Waals surface area contributed by atoms with Gasteiger partial charge in [-0.05, 0) is 29.3 Å². The lowest BCUT2D eigenvalue weighted by atomic mass is 9.91. The quantitative estimate of drug-likeness (QED) is 0.323. The number of H-pyrrole nitrogens is 1. The zero-order chi connectivity index (χ0) is 22.0. The number of nitro benzene ring substituents is 1. The van der Waals surface area contributed by atoms with E-state index in [4.69, 9.17) is 0 Å². The molecule has 0 aliphatic carbocycles. The number of benzene rings is 3. The van der Waals surface area contributed by atoms with Crippen LogP contribution in [0, 0.1) is 10.1 Å². The second-order valence-corrected chi connectivity index (χ2v) is 9.36. The van der Waals surface area contributed by atoms with E-state index in [2.05, 4.69) is 10.3 Å². The van der Waals surface area contributed by atoms with Crippen molar-refractivity contribution in [3.63, 3.8) is 0 Å². The highest BCUT2D eigenvalue weighted by Crippen LogP contribution is 2.33. The molecule has 1 unspecified atom stereocenters. The number of nitro groups is 1. The van der Waals surface area contributed by atoms with Gasteiger partial charge in [0.2, 0.25) is 0 Å². The fourth-order valence-corrected chi connectivity index (χ4v) is 4.37. The van der Waals surface area contributed by atoms with Gasteiger partial charge in [0.15, 0.2) is 9.84 Å². The van der Waals surface area contributed by atoms with Crippen LogP contribution in [0.2, 0.25) is 0 Å². The summed E-state index contributed by atoms with van der Waals surface area (Å²) in [5, 5.41) is 15.8. The number of fused-ring (bicyclic) bond motifs is 1. The summed E-state index contributed by atoms with van der Waals surface area (Å²) in [5.74, 6) is -0.0773. The minimum Gasteiger partial charge on any atom is -0.379 e. The van der Waals surface area contributed by atoms with Crippen molar-refractivity contribution in [2.45, 2.75) is 10.8 Å². The topological polar surface area (TPSA) is 105 Å². The van der Waals surface area contributed by atoms with E-state index in [1.165, 1.54) is 12.1 Å². The minimum absolute atomic E-state index is 0.0773. The summed E-state index contributed by atoms with van der Waals surface area (Å²) >= 11 is 0. The molecule has 4 rings (SSSR count). The first-order chi connectivity index (χ1) is 14.8. The number of hydrogen-bond donors (Lipinski definition) is 2. The average molecular weight is 436 g/mol. The summed E-state index contributed by atoms with van der Waals surface area (Å²) in [6.45, 7) is 0.394. The number of nitrogens with zero attached hydrogens (tertiary/aromatic N) is 1. The van der Waals surface area contributed by atoms with Crippen LogP contribution in [0.5, 0.6) is 0 Å². The Morgan fingerprint density at radius 2 is 1.74 bits per heavy atom. The van der Waals surface area contributed by atoms with E-state index in [0.29, 0.717) is 6.54 Å². The summed E-state index contributed by atoms with van der Waals surface area (Å²) in [5.41, 5.74) is 3.16. The number of rotatable bonds is 7. The molecule has 0 radical (unpaired) electrons. The maximum atomic E-state index is 11.8. The summed E-state index contributed by atoms with van der Waals surface area (Å²) in [6.07, 6.45) is 2.99. The van der Waals surface area contributed by atoms with Crippen LogP contribution in [0.3, 0.4) is 0 Å². The summed E-state index contributed by atoms with van der Waals surface area (Å²) in [7, 11) is -3.55. The zero-order valence-electron chi connectivity index (χ0n) is 16.8. The normalized spacial score (nSPS) is 12.5. The van der Waals surface area contributed by atoms with Gasteiger partial charge in [0.25, 0.3) is 5.69 Å². The highest BCUT2D eigenvalue weighted by molar-refractivity contribution is 7.90. The second kappa shape index (κ2) is 8.23. The number of sulfone groups is 1. The molecule has 7 nitrogen and oxygen atoms in total. The Morgan fingerprint density at radius 1 is 1.03 bits per heavy atom. The Labute approximate surface area is 179 Å². The number of para-hydroxylation sites is 1. The van der Waals surface area contributed by atoms with Crippen LogP contribution in [0.15, 0.2) is 83.9 Å². The number of aromatic nitrogens is 1. The Morgan fingerprint density at radius 3 is 2.45 bits per heavy atom. The highest BCUT2D eigenvalue weighted by atomic mass is 32.2. The van der Waals surface area contributed by atoms with Crippen LogP contribution in [0.1, 0.15) is 17.0 Å². The van der Waals surface area contributed by atoms with Crippen LogP contribution in [0.4, 0.5) is 11.4 Å². The van der Waals surface area contributed by atoms with Crippen LogP contribution >= 0.6 is 0 Å². The third-order valence-electron chi connectivity index (χ3n) is 5.29. The van der Waals surface area contributed by atoms with Gasteiger partial charge in [0.1, 0.15) is 5.69 Å². The molecule has 1 atom stereocenters. The molecule has 0 aliphatic rings. The fourth-order valence-electron chi connectivity index (χ4n) is 3.73. The van der Waals surface area contributed by atoms with Crippen LogP contribution < -0.4 is 5.32 Å². The van der Waals surface area contributed by atoms with Crippen molar-refractivity contribution < 1.29 is 13.3 Å².